The number of rotatable bonds is 5. The molecule has 1 aliphatic rings. The molecule has 2 N–H and O–H groups in total. The summed E-state index contributed by atoms with van der Waals surface area (Å²) in [5.41, 5.74) is 0.816. The maximum Gasteiger partial charge on any atom is 0.405 e. The van der Waals surface area contributed by atoms with Crippen molar-refractivity contribution in [3.63, 3.8) is 0 Å². The largest absolute Gasteiger partial charge is 0.465 e. The van der Waals surface area contributed by atoms with Crippen LogP contribution in [-0.4, -0.2) is 45.8 Å². The van der Waals surface area contributed by atoms with Gasteiger partial charge in [0.25, 0.3) is 0 Å². The zero-order valence-corrected chi connectivity index (χ0v) is 13.3. The van der Waals surface area contributed by atoms with Crippen LogP contribution in [-0.2, 0) is 6.54 Å². The Morgan fingerprint density at radius 1 is 1.57 bits per heavy atom. The number of carbonyl (C=O) groups is 1. The number of carboxylic acid groups (broad SMARTS) is 1. The van der Waals surface area contributed by atoms with Gasteiger partial charge in [0.1, 0.15) is 5.82 Å². The molecule has 1 aromatic rings. The molecular formula is C15H26N4O2. The molecule has 1 amide bonds. The summed E-state index contributed by atoms with van der Waals surface area (Å²) in [6, 6.07) is -0.256. The Hall–Kier alpha value is -1.56. The molecule has 0 aliphatic carbocycles. The van der Waals surface area contributed by atoms with E-state index in [9.17, 15) is 4.79 Å². The fraction of sp³-hybridized carbons (Fsp3) is 0.733. The molecule has 0 radical (unpaired) electrons. The molecule has 6 heteroatoms. The maximum atomic E-state index is 10.9. The molecule has 1 aliphatic heterocycles. The molecule has 0 aromatic carbocycles. The number of likely N-dealkylation sites (tertiary alicyclic amines) is 1. The van der Waals surface area contributed by atoms with Crippen molar-refractivity contribution in [3.8, 4) is 0 Å². The summed E-state index contributed by atoms with van der Waals surface area (Å²) in [4.78, 5) is 17.9. The topological polar surface area (TPSA) is 70.4 Å². The molecule has 6 nitrogen and oxygen atoms in total. The summed E-state index contributed by atoms with van der Waals surface area (Å²) in [5.74, 6) is 1.78. The molecule has 2 heterocycles. The van der Waals surface area contributed by atoms with E-state index in [1.807, 2.05) is 27.0 Å². The van der Waals surface area contributed by atoms with Gasteiger partial charge in [-0.25, -0.2) is 9.78 Å². The summed E-state index contributed by atoms with van der Waals surface area (Å²) in [5, 5.41) is 11.5. The average molecular weight is 294 g/mol. The number of hydrogen-bond acceptors (Lipinski definition) is 3. The SMILES string of the molecule is Cc1nc(C(NC(=O)O)C(C)C)cn1C[C@H]1CCN(C)C1. The van der Waals surface area contributed by atoms with Crippen molar-refractivity contribution in [2.75, 3.05) is 20.1 Å². The number of hydrogen-bond donors (Lipinski definition) is 2. The van der Waals surface area contributed by atoms with Gasteiger partial charge in [-0.2, -0.15) is 0 Å². The highest BCUT2D eigenvalue weighted by atomic mass is 16.4. The highest BCUT2D eigenvalue weighted by Crippen LogP contribution is 2.23. The number of amides is 1. The Balaban J connectivity index is 2.11. The van der Waals surface area contributed by atoms with E-state index < -0.39 is 6.09 Å². The Bertz CT molecular complexity index is 498. The summed E-state index contributed by atoms with van der Waals surface area (Å²) in [7, 11) is 2.15. The van der Waals surface area contributed by atoms with E-state index >= 15 is 0 Å². The summed E-state index contributed by atoms with van der Waals surface area (Å²) < 4.78 is 2.16. The number of aryl methyl sites for hydroxylation is 1. The van der Waals surface area contributed by atoms with Crippen molar-refractivity contribution in [3.05, 3.63) is 17.7 Å². The first-order valence-electron chi connectivity index (χ1n) is 7.58. The number of imidazole rings is 1. The minimum atomic E-state index is -1.00. The van der Waals surface area contributed by atoms with Crippen LogP contribution < -0.4 is 5.32 Å². The Morgan fingerprint density at radius 3 is 2.81 bits per heavy atom. The van der Waals surface area contributed by atoms with E-state index in [0.29, 0.717) is 5.92 Å². The lowest BCUT2D eigenvalue weighted by atomic mass is 10.0. The zero-order chi connectivity index (χ0) is 15.6. The molecule has 2 rings (SSSR count). The van der Waals surface area contributed by atoms with E-state index in [2.05, 4.69) is 26.8 Å². The van der Waals surface area contributed by atoms with Crippen LogP contribution in [0, 0.1) is 18.8 Å². The predicted octanol–water partition coefficient (Wildman–Crippen LogP) is 2.11. The molecule has 118 valence electrons. The Kier molecular flexibility index (Phi) is 4.88. The number of nitrogens with one attached hydrogen (secondary N) is 1. The van der Waals surface area contributed by atoms with E-state index in [0.717, 1.165) is 31.2 Å². The molecule has 0 bridgehead atoms. The van der Waals surface area contributed by atoms with E-state index in [4.69, 9.17) is 5.11 Å². The predicted molar refractivity (Wildman–Crippen MR) is 81.3 cm³/mol. The van der Waals surface area contributed by atoms with Crippen molar-refractivity contribution in [1.29, 1.82) is 0 Å². The van der Waals surface area contributed by atoms with Crippen LogP contribution in [0.5, 0.6) is 0 Å². The molecular weight excluding hydrogens is 268 g/mol. The van der Waals surface area contributed by atoms with Crippen LogP contribution in [0.3, 0.4) is 0 Å². The van der Waals surface area contributed by atoms with Gasteiger partial charge in [0, 0.05) is 19.3 Å². The second-order valence-electron chi connectivity index (χ2n) is 6.45. The third-order valence-electron chi connectivity index (χ3n) is 4.20. The molecule has 1 unspecified atom stereocenters. The van der Waals surface area contributed by atoms with Gasteiger partial charge in [0.15, 0.2) is 0 Å². The lowest BCUT2D eigenvalue weighted by Gasteiger charge is -2.18. The van der Waals surface area contributed by atoms with Crippen LogP contribution in [0.1, 0.15) is 37.8 Å². The fourth-order valence-corrected chi connectivity index (χ4v) is 3.04. The molecule has 21 heavy (non-hydrogen) atoms. The minimum absolute atomic E-state index is 0.168. The van der Waals surface area contributed by atoms with Crippen LogP contribution >= 0.6 is 0 Å². The van der Waals surface area contributed by atoms with Gasteiger partial charge < -0.3 is 19.9 Å². The fourth-order valence-electron chi connectivity index (χ4n) is 3.04. The van der Waals surface area contributed by atoms with Gasteiger partial charge in [-0.15, -0.1) is 0 Å². The van der Waals surface area contributed by atoms with Gasteiger partial charge in [0.05, 0.1) is 11.7 Å². The average Bonchev–Trinajstić information content (AvgIpc) is 2.94. The molecule has 1 fully saturated rings. The molecule has 1 saturated heterocycles. The molecule has 0 saturated carbocycles. The van der Waals surface area contributed by atoms with Gasteiger partial charge in [-0.1, -0.05) is 13.8 Å². The zero-order valence-electron chi connectivity index (χ0n) is 13.3. The molecule has 1 aromatic heterocycles. The van der Waals surface area contributed by atoms with Gasteiger partial charge in [-0.05, 0) is 38.8 Å². The van der Waals surface area contributed by atoms with Crippen molar-refractivity contribution in [2.45, 2.75) is 39.8 Å². The highest BCUT2D eigenvalue weighted by molar-refractivity contribution is 5.65. The Labute approximate surface area is 126 Å². The minimum Gasteiger partial charge on any atom is -0.465 e. The lowest BCUT2D eigenvalue weighted by molar-refractivity contribution is 0.185. The van der Waals surface area contributed by atoms with Crippen LogP contribution in [0.25, 0.3) is 0 Å². The van der Waals surface area contributed by atoms with E-state index in [-0.39, 0.29) is 12.0 Å². The summed E-state index contributed by atoms with van der Waals surface area (Å²) in [6.07, 6.45) is 2.22. The smallest absolute Gasteiger partial charge is 0.405 e. The van der Waals surface area contributed by atoms with E-state index in [1.165, 1.54) is 6.42 Å². The monoisotopic (exact) mass is 294 g/mol. The number of aromatic nitrogens is 2. The van der Waals surface area contributed by atoms with Crippen molar-refractivity contribution in [2.24, 2.45) is 11.8 Å². The first-order chi connectivity index (χ1) is 9.86. The van der Waals surface area contributed by atoms with Crippen molar-refractivity contribution < 1.29 is 9.90 Å². The van der Waals surface area contributed by atoms with Crippen LogP contribution in [0.4, 0.5) is 4.79 Å². The van der Waals surface area contributed by atoms with Crippen LogP contribution in [0.2, 0.25) is 0 Å². The normalized spacial score (nSPS) is 20.9. The van der Waals surface area contributed by atoms with Gasteiger partial charge >= 0.3 is 6.09 Å². The van der Waals surface area contributed by atoms with E-state index in [1.54, 1.807) is 0 Å². The van der Waals surface area contributed by atoms with Gasteiger partial charge in [0.2, 0.25) is 0 Å². The summed E-state index contributed by atoms with van der Waals surface area (Å²) >= 11 is 0. The first-order valence-corrected chi connectivity index (χ1v) is 7.58. The van der Waals surface area contributed by atoms with Crippen molar-refractivity contribution >= 4 is 6.09 Å². The Morgan fingerprint density at radius 2 is 2.29 bits per heavy atom. The third kappa shape index (κ3) is 3.97. The lowest BCUT2D eigenvalue weighted by Crippen LogP contribution is -2.30. The first kappa shape index (κ1) is 15.8. The summed E-state index contributed by atoms with van der Waals surface area (Å²) in [6.45, 7) is 9.22. The van der Waals surface area contributed by atoms with Crippen LogP contribution in [0.15, 0.2) is 6.20 Å². The van der Waals surface area contributed by atoms with Crippen molar-refractivity contribution in [1.82, 2.24) is 19.8 Å². The standard InChI is InChI=1S/C15H26N4O2/c1-10(2)14(17-15(20)21)13-9-19(11(3)16-13)8-12-5-6-18(4)7-12/h9-10,12,14,17H,5-8H2,1-4H3,(H,20,21)/t12-,14?/m0/s1. The second-order valence-corrected chi connectivity index (χ2v) is 6.45. The maximum absolute atomic E-state index is 10.9. The molecule has 0 spiro atoms. The third-order valence-corrected chi connectivity index (χ3v) is 4.20. The quantitative estimate of drug-likeness (QED) is 0.872. The highest BCUT2D eigenvalue weighted by Gasteiger charge is 2.24. The van der Waals surface area contributed by atoms with Gasteiger partial charge in [-0.3, -0.25) is 0 Å². The number of nitrogens with zero attached hydrogens (tertiary/aromatic N) is 3. The second kappa shape index (κ2) is 6.47. The molecule has 2 atom stereocenters.